The van der Waals surface area contributed by atoms with Gasteiger partial charge in [0.1, 0.15) is 6.04 Å². The highest BCUT2D eigenvalue weighted by molar-refractivity contribution is 7.09. The molecule has 6 heteroatoms. The number of carbonyl (C=O) groups excluding carboxylic acids is 2. The highest BCUT2D eigenvalue weighted by Crippen LogP contribution is 2.13. The topological polar surface area (TPSA) is 69.6 Å². The van der Waals surface area contributed by atoms with E-state index in [0.29, 0.717) is 12.8 Å². The summed E-state index contributed by atoms with van der Waals surface area (Å²) in [6.45, 7) is 1.78. The van der Waals surface area contributed by atoms with Crippen LogP contribution in [-0.2, 0) is 16.0 Å². The Morgan fingerprint density at radius 2 is 2.39 bits per heavy atom. The number of carbonyl (C=O) groups is 2. The Bertz CT molecular complexity index is 379. The Balaban J connectivity index is 2.65. The summed E-state index contributed by atoms with van der Waals surface area (Å²) in [7, 11) is 1.58. The molecular weight excluding hydrogens is 252 g/mol. The highest BCUT2D eigenvalue weighted by atomic mass is 32.1. The highest BCUT2D eigenvalue weighted by Gasteiger charge is 2.23. The van der Waals surface area contributed by atoms with Gasteiger partial charge in [0.05, 0.1) is 6.10 Å². The number of amides is 2. The van der Waals surface area contributed by atoms with Crippen molar-refractivity contribution in [3.8, 4) is 0 Å². The third kappa shape index (κ3) is 4.46. The second-order valence-corrected chi connectivity index (χ2v) is 5.20. The van der Waals surface area contributed by atoms with E-state index >= 15 is 0 Å². The summed E-state index contributed by atoms with van der Waals surface area (Å²) < 4.78 is 0. The molecule has 1 aromatic rings. The fourth-order valence-electron chi connectivity index (χ4n) is 1.48. The van der Waals surface area contributed by atoms with E-state index in [4.69, 9.17) is 5.11 Å². The number of aliphatic hydroxyl groups excluding tert-OH is 1. The van der Waals surface area contributed by atoms with Crippen LogP contribution in [-0.4, -0.2) is 48.1 Å². The Morgan fingerprint density at radius 3 is 2.89 bits per heavy atom. The predicted molar refractivity (Wildman–Crippen MR) is 70.3 cm³/mol. The third-order valence-corrected chi connectivity index (χ3v) is 3.41. The minimum Gasteiger partial charge on any atom is -0.392 e. The number of hydrogen-bond acceptors (Lipinski definition) is 4. The van der Waals surface area contributed by atoms with Gasteiger partial charge in [-0.3, -0.25) is 9.59 Å². The summed E-state index contributed by atoms with van der Waals surface area (Å²) >= 11 is 1.55. The monoisotopic (exact) mass is 270 g/mol. The van der Waals surface area contributed by atoms with Gasteiger partial charge in [0.15, 0.2) is 0 Å². The predicted octanol–water partition coefficient (Wildman–Crippen LogP) is 0.244. The van der Waals surface area contributed by atoms with E-state index in [1.165, 1.54) is 4.90 Å². The summed E-state index contributed by atoms with van der Waals surface area (Å²) in [4.78, 5) is 25.2. The maximum Gasteiger partial charge on any atom is 0.243 e. The average molecular weight is 270 g/mol. The van der Waals surface area contributed by atoms with Crippen LogP contribution >= 0.6 is 11.3 Å². The number of aliphatic hydroxyl groups is 1. The first-order valence-electron chi connectivity index (χ1n) is 5.70. The van der Waals surface area contributed by atoms with Crippen molar-refractivity contribution in [2.24, 2.45) is 0 Å². The van der Waals surface area contributed by atoms with Crippen molar-refractivity contribution in [1.82, 2.24) is 10.2 Å². The molecule has 0 bridgehead atoms. The molecule has 0 aliphatic rings. The van der Waals surface area contributed by atoms with Crippen molar-refractivity contribution in [3.63, 3.8) is 0 Å². The minimum atomic E-state index is -0.599. The summed E-state index contributed by atoms with van der Waals surface area (Å²) in [5.41, 5.74) is 0. The van der Waals surface area contributed by atoms with Crippen molar-refractivity contribution >= 4 is 23.7 Å². The molecule has 1 heterocycles. The quantitative estimate of drug-likeness (QED) is 0.698. The molecule has 0 unspecified atom stereocenters. The molecule has 5 nitrogen and oxygen atoms in total. The van der Waals surface area contributed by atoms with E-state index in [1.807, 2.05) is 17.5 Å². The molecule has 2 atom stereocenters. The van der Waals surface area contributed by atoms with Crippen LogP contribution in [0.3, 0.4) is 0 Å². The van der Waals surface area contributed by atoms with Gasteiger partial charge in [-0.25, -0.2) is 0 Å². The number of likely N-dealkylation sites (N-methyl/N-ethyl adjacent to an activating group) is 1. The van der Waals surface area contributed by atoms with Crippen molar-refractivity contribution in [3.05, 3.63) is 22.4 Å². The maximum absolute atomic E-state index is 12.0. The van der Waals surface area contributed by atoms with E-state index in [0.717, 1.165) is 4.88 Å². The zero-order valence-electron chi connectivity index (χ0n) is 10.5. The van der Waals surface area contributed by atoms with Crippen LogP contribution in [0.5, 0.6) is 0 Å². The Kier molecular flexibility index (Phi) is 5.80. The van der Waals surface area contributed by atoms with Gasteiger partial charge in [0, 0.05) is 24.9 Å². The van der Waals surface area contributed by atoms with Gasteiger partial charge < -0.3 is 15.3 Å². The van der Waals surface area contributed by atoms with Crippen LogP contribution in [0.4, 0.5) is 0 Å². The second kappa shape index (κ2) is 7.13. The average Bonchev–Trinajstić information content (AvgIpc) is 2.85. The van der Waals surface area contributed by atoms with Crippen LogP contribution in [0.25, 0.3) is 0 Å². The molecule has 0 aliphatic heterocycles. The molecule has 0 aliphatic carbocycles. The molecule has 0 radical (unpaired) electrons. The second-order valence-electron chi connectivity index (χ2n) is 4.16. The molecule has 1 rings (SSSR count). The van der Waals surface area contributed by atoms with E-state index in [-0.39, 0.29) is 12.5 Å². The summed E-state index contributed by atoms with van der Waals surface area (Å²) in [5, 5.41) is 13.7. The maximum atomic E-state index is 12.0. The SMILES string of the molecule is C[C@@H](O)CNC(=O)[C@@H](Cc1cccs1)N(C)C=O. The normalized spacial score (nSPS) is 13.7. The first-order chi connectivity index (χ1) is 8.54. The van der Waals surface area contributed by atoms with Crippen LogP contribution < -0.4 is 5.32 Å². The molecule has 0 saturated carbocycles. The summed E-state index contributed by atoms with van der Waals surface area (Å²) in [6.07, 6.45) is 0.525. The van der Waals surface area contributed by atoms with Crippen LogP contribution in [0, 0.1) is 0 Å². The Morgan fingerprint density at radius 1 is 1.67 bits per heavy atom. The van der Waals surface area contributed by atoms with Gasteiger partial charge in [-0.1, -0.05) is 6.07 Å². The van der Waals surface area contributed by atoms with Gasteiger partial charge >= 0.3 is 0 Å². The van der Waals surface area contributed by atoms with E-state index < -0.39 is 12.1 Å². The van der Waals surface area contributed by atoms with Gasteiger partial charge in [0.2, 0.25) is 12.3 Å². The molecule has 18 heavy (non-hydrogen) atoms. The number of hydrogen-bond donors (Lipinski definition) is 2. The lowest BCUT2D eigenvalue weighted by atomic mass is 10.1. The molecule has 0 saturated heterocycles. The van der Waals surface area contributed by atoms with Crippen LogP contribution in [0.1, 0.15) is 11.8 Å². The number of nitrogens with zero attached hydrogens (tertiary/aromatic N) is 1. The van der Waals surface area contributed by atoms with Crippen LogP contribution in [0.2, 0.25) is 0 Å². The van der Waals surface area contributed by atoms with Gasteiger partial charge in [0.25, 0.3) is 0 Å². The Labute approximate surface area is 110 Å². The fraction of sp³-hybridized carbons (Fsp3) is 0.500. The number of thiophene rings is 1. The van der Waals surface area contributed by atoms with Gasteiger partial charge in [-0.2, -0.15) is 0 Å². The van der Waals surface area contributed by atoms with Gasteiger partial charge in [-0.15, -0.1) is 11.3 Å². The minimum absolute atomic E-state index is 0.187. The fourth-order valence-corrected chi connectivity index (χ4v) is 2.22. The molecule has 100 valence electrons. The number of rotatable bonds is 7. The molecular formula is C12H18N2O3S. The zero-order chi connectivity index (χ0) is 13.5. The van der Waals surface area contributed by atoms with Crippen molar-refractivity contribution < 1.29 is 14.7 Å². The molecule has 0 aromatic carbocycles. The first-order valence-corrected chi connectivity index (χ1v) is 6.58. The largest absolute Gasteiger partial charge is 0.392 e. The van der Waals surface area contributed by atoms with E-state index in [9.17, 15) is 9.59 Å². The van der Waals surface area contributed by atoms with Crippen molar-refractivity contribution in [2.75, 3.05) is 13.6 Å². The molecule has 2 amide bonds. The van der Waals surface area contributed by atoms with E-state index in [2.05, 4.69) is 5.32 Å². The first kappa shape index (κ1) is 14.7. The van der Waals surface area contributed by atoms with E-state index in [1.54, 1.807) is 25.3 Å². The van der Waals surface area contributed by atoms with Crippen LogP contribution in [0.15, 0.2) is 17.5 Å². The lowest BCUT2D eigenvalue weighted by Gasteiger charge is -2.23. The molecule has 1 aromatic heterocycles. The molecule has 0 spiro atoms. The Hall–Kier alpha value is -1.40. The summed E-state index contributed by atoms with van der Waals surface area (Å²) in [5.74, 6) is -0.251. The molecule has 2 N–H and O–H groups in total. The standard InChI is InChI=1S/C12H18N2O3S/c1-9(16)7-13-12(17)11(14(2)8-15)6-10-4-3-5-18-10/h3-5,8-9,11,16H,6-7H2,1-2H3,(H,13,17)/t9-,11-/m1/s1. The smallest absolute Gasteiger partial charge is 0.243 e. The van der Waals surface area contributed by atoms with Crippen molar-refractivity contribution in [2.45, 2.75) is 25.5 Å². The third-order valence-electron chi connectivity index (χ3n) is 2.51. The van der Waals surface area contributed by atoms with Gasteiger partial charge in [-0.05, 0) is 18.4 Å². The van der Waals surface area contributed by atoms with Crippen molar-refractivity contribution in [1.29, 1.82) is 0 Å². The molecule has 0 fully saturated rings. The lowest BCUT2D eigenvalue weighted by molar-refractivity contribution is -0.132. The number of nitrogens with one attached hydrogen (secondary N) is 1. The zero-order valence-corrected chi connectivity index (χ0v) is 11.3. The lowest BCUT2D eigenvalue weighted by Crippen LogP contribution is -2.47. The summed E-state index contributed by atoms with van der Waals surface area (Å²) in [6, 6.07) is 3.30.